The van der Waals surface area contributed by atoms with Gasteiger partial charge in [-0.25, -0.2) is 0 Å². The summed E-state index contributed by atoms with van der Waals surface area (Å²) in [5, 5.41) is 9.67. The van der Waals surface area contributed by atoms with Crippen molar-refractivity contribution in [2.75, 3.05) is 26.6 Å². The van der Waals surface area contributed by atoms with Gasteiger partial charge >= 0.3 is 0 Å². The number of hydrogen-bond acceptors (Lipinski definition) is 6. The molecule has 2 fully saturated rings. The average molecular weight is 338 g/mol. The molecule has 2 aliphatic heterocycles. The molecule has 6 nitrogen and oxygen atoms in total. The fraction of sp³-hybridized carbons (Fsp3) is 0.667. The largest absolute Gasteiger partial charge is 0.394 e. The lowest BCUT2D eigenvalue weighted by molar-refractivity contribution is -0.283. The van der Waals surface area contributed by atoms with Crippen LogP contribution in [0.3, 0.4) is 0 Å². The van der Waals surface area contributed by atoms with Crippen LogP contribution in [-0.2, 0) is 23.7 Å². The third-order valence-corrected chi connectivity index (χ3v) is 4.37. The molecule has 0 bridgehead atoms. The van der Waals surface area contributed by atoms with Gasteiger partial charge in [0.15, 0.2) is 6.29 Å². The molecule has 0 aliphatic carbocycles. The molecule has 0 radical (unpaired) electrons. The van der Waals surface area contributed by atoms with E-state index >= 15 is 0 Å². The van der Waals surface area contributed by atoms with Crippen molar-refractivity contribution in [3.8, 4) is 0 Å². The number of fused-ring (bicyclic) bond motifs is 1. The summed E-state index contributed by atoms with van der Waals surface area (Å²) < 4.78 is 29.3. The van der Waals surface area contributed by atoms with E-state index in [1.165, 1.54) is 0 Å². The Bertz CT molecular complexity index is 482. The molecule has 1 aromatic rings. The minimum atomic E-state index is -0.467. The molecule has 1 unspecified atom stereocenters. The van der Waals surface area contributed by atoms with Gasteiger partial charge in [-0.05, 0) is 6.42 Å². The predicted octanol–water partition coefficient (Wildman–Crippen LogP) is 2.02. The number of rotatable bonds is 6. The Hall–Kier alpha value is -1.02. The maximum atomic E-state index is 9.67. The Balaban J connectivity index is 1.75. The molecule has 1 N–H and O–H groups in total. The number of unbranched alkanes of at least 4 members (excludes halogenated alkanes) is 1. The van der Waals surface area contributed by atoms with E-state index in [1.54, 1.807) is 0 Å². The molecule has 0 saturated carbocycles. The highest BCUT2D eigenvalue weighted by Gasteiger charge is 2.45. The van der Waals surface area contributed by atoms with E-state index < -0.39 is 12.4 Å². The maximum Gasteiger partial charge on any atom is 0.184 e. The Labute approximate surface area is 142 Å². The van der Waals surface area contributed by atoms with Gasteiger partial charge in [0, 0.05) is 12.2 Å². The van der Waals surface area contributed by atoms with Gasteiger partial charge < -0.3 is 28.8 Å². The second-order valence-electron chi connectivity index (χ2n) is 6.08. The smallest absolute Gasteiger partial charge is 0.184 e. The van der Waals surface area contributed by atoms with E-state index in [2.05, 4.69) is 6.92 Å². The fourth-order valence-electron chi connectivity index (χ4n) is 3.01. The summed E-state index contributed by atoms with van der Waals surface area (Å²) in [6.07, 6.45) is 0.0549. The number of aliphatic hydroxyl groups is 1. The van der Waals surface area contributed by atoms with Gasteiger partial charge in [-0.1, -0.05) is 43.7 Å². The first-order chi connectivity index (χ1) is 11.8. The molecule has 1 aromatic carbocycles. The van der Waals surface area contributed by atoms with Gasteiger partial charge in [-0.2, -0.15) is 0 Å². The second-order valence-corrected chi connectivity index (χ2v) is 6.08. The van der Waals surface area contributed by atoms with Crippen LogP contribution in [0.4, 0.5) is 0 Å². The van der Waals surface area contributed by atoms with Crippen molar-refractivity contribution in [1.82, 2.24) is 0 Å². The van der Waals surface area contributed by atoms with E-state index in [9.17, 15) is 5.11 Å². The lowest BCUT2D eigenvalue weighted by Crippen LogP contribution is -2.52. The lowest BCUT2D eigenvalue weighted by atomic mass is 10.0. The molecule has 3 rings (SSSR count). The van der Waals surface area contributed by atoms with Crippen molar-refractivity contribution < 1.29 is 28.8 Å². The highest BCUT2D eigenvalue weighted by molar-refractivity contribution is 5.16. The van der Waals surface area contributed by atoms with Crippen LogP contribution >= 0.6 is 0 Å². The van der Waals surface area contributed by atoms with E-state index in [4.69, 9.17) is 23.7 Å². The molecule has 2 heterocycles. The molecule has 0 aromatic heterocycles. The summed E-state index contributed by atoms with van der Waals surface area (Å²) in [5.74, 6) is 0. The van der Waals surface area contributed by atoms with Gasteiger partial charge in [0.2, 0.25) is 0 Å². The molecule has 0 amide bonds. The molecular formula is C18H26O6. The van der Waals surface area contributed by atoms with Crippen LogP contribution in [0.25, 0.3) is 0 Å². The third kappa shape index (κ3) is 4.14. The summed E-state index contributed by atoms with van der Waals surface area (Å²) in [6, 6.07) is 9.79. The quantitative estimate of drug-likeness (QED) is 0.801. The normalized spacial score (nSPS) is 33.7. The zero-order valence-corrected chi connectivity index (χ0v) is 14.0. The molecular weight excluding hydrogens is 312 g/mol. The Morgan fingerprint density at radius 2 is 2.00 bits per heavy atom. The summed E-state index contributed by atoms with van der Waals surface area (Å²) >= 11 is 0. The monoisotopic (exact) mass is 338 g/mol. The van der Waals surface area contributed by atoms with Gasteiger partial charge in [0.25, 0.3) is 0 Å². The molecule has 134 valence electrons. The molecule has 0 spiro atoms. The van der Waals surface area contributed by atoms with Crippen LogP contribution in [0.2, 0.25) is 0 Å². The maximum absolute atomic E-state index is 9.67. The van der Waals surface area contributed by atoms with Crippen molar-refractivity contribution in [2.45, 2.75) is 50.5 Å². The van der Waals surface area contributed by atoms with Gasteiger partial charge in [0.05, 0.1) is 13.2 Å². The predicted molar refractivity (Wildman–Crippen MR) is 86.4 cm³/mol. The average Bonchev–Trinajstić information content (AvgIpc) is 2.81. The van der Waals surface area contributed by atoms with Gasteiger partial charge in [-0.3, -0.25) is 0 Å². The standard InChI is InChI=1S/C18H26O6/c1-2-3-9-20-16-14(10-19)22-12-23-15-11-21-18(24-17(15)16)13-7-5-4-6-8-13/h4-8,14-19H,2-3,9-12H2,1H3/t14-,15-,16-,17-,18?/m1/s1. The third-order valence-electron chi connectivity index (χ3n) is 4.37. The van der Waals surface area contributed by atoms with E-state index in [-0.39, 0.29) is 31.7 Å². The van der Waals surface area contributed by atoms with Crippen molar-refractivity contribution in [3.63, 3.8) is 0 Å². The van der Waals surface area contributed by atoms with Gasteiger partial charge in [-0.15, -0.1) is 0 Å². The Kier molecular flexibility index (Phi) is 6.59. The van der Waals surface area contributed by atoms with Crippen molar-refractivity contribution in [2.24, 2.45) is 0 Å². The molecule has 2 saturated heterocycles. The fourth-order valence-corrected chi connectivity index (χ4v) is 3.01. The molecule has 2 aliphatic rings. The van der Waals surface area contributed by atoms with Crippen molar-refractivity contribution in [3.05, 3.63) is 35.9 Å². The van der Waals surface area contributed by atoms with E-state index in [1.807, 2.05) is 30.3 Å². The second kappa shape index (κ2) is 8.89. The van der Waals surface area contributed by atoms with Crippen LogP contribution < -0.4 is 0 Å². The minimum absolute atomic E-state index is 0.1000. The number of hydrogen-bond donors (Lipinski definition) is 1. The minimum Gasteiger partial charge on any atom is -0.394 e. The zero-order valence-electron chi connectivity index (χ0n) is 14.0. The highest BCUT2D eigenvalue weighted by Crippen LogP contribution is 2.32. The summed E-state index contributed by atoms with van der Waals surface area (Å²) in [5.41, 5.74) is 0.953. The number of aliphatic hydroxyl groups excluding tert-OH is 1. The first-order valence-electron chi connectivity index (χ1n) is 8.61. The summed E-state index contributed by atoms with van der Waals surface area (Å²) in [4.78, 5) is 0. The van der Waals surface area contributed by atoms with Gasteiger partial charge in [0.1, 0.15) is 31.2 Å². The first kappa shape index (κ1) is 17.8. The lowest BCUT2D eigenvalue weighted by Gasteiger charge is -2.39. The first-order valence-corrected chi connectivity index (χ1v) is 8.61. The molecule has 6 heteroatoms. The summed E-state index contributed by atoms with van der Waals surface area (Å²) in [6.45, 7) is 3.08. The van der Waals surface area contributed by atoms with Crippen LogP contribution in [0, 0.1) is 0 Å². The SMILES string of the molecule is CCCCO[C@H]1[C@@H]2OC(c3ccccc3)OC[C@H]2OCO[C@@H]1CO. The highest BCUT2D eigenvalue weighted by atomic mass is 16.7. The van der Waals surface area contributed by atoms with Crippen LogP contribution in [-0.4, -0.2) is 56.1 Å². The van der Waals surface area contributed by atoms with E-state index in [0.29, 0.717) is 13.2 Å². The number of ether oxygens (including phenoxy) is 5. The Morgan fingerprint density at radius 1 is 1.17 bits per heavy atom. The van der Waals surface area contributed by atoms with Crippen LogP contribution in [0.15, 0.2) is 30.3 Å². The molecule has 24 heavy (non-hydrogen) atoms. The zero-order chi connectivity index (χ0) is 16.8. The van der Waals surface area contributed by atoms with E-state index in [0.717, 1.165) is 18.4 Å². The van der Waals surface area contributed by atoms with Crippen molar-refractivity contribution >= 4 is 0 Å². The summed E-state index contributed by atoms with van der Waals surface area (Å²) in [7, 11) is 0. The number of benzene rings is 1. The van der Waals surface area contributed by atoms with Crippen molar-refractivity contribution in [1.29, 1.82) is 0 Å². The molecule has 5 atom stereocenters. The Morgan fingerprint density at radius 3 is 2.75 bits per heavy atom. The van der Waals surface area contributed by atoms with Crippen LogP contribution in [0.5, 0.6) is 0 Å². The van der Waals surface area contributed by atoms with Crippen LogP contribution in [0.1, 0.15) is 31.6 Å². The topological polar surface area (TPSA) is 66.4 Å².